The van der Waals surface area contributed by atoms with Gasteiger partial charge in [0.1, 0.15) is 5.75 Å². The van der Waals surface area contributed by atoms with Crippen LogP contribution in [0.1, 0.15) is 54.6 Å². The number of carbonyl (C=O) groups is 1. The van der Waals surface area contributed by atoms with Gasteiger partial charge in [0, 0.05) is 4.88 Å². The third-order valence-corrected chi connectivity index (χ3v) is 3.81. The fourth-order valence-electron chi connectivity index (χ4n) is 1.66. The first-order valence-electron chi connectivity index (χ1n) is 6.14. The topological polar surface area (TPSA) is 46.5 Å². The monoisotopic (exact) mass is 256 g/mol. The first kappa shape index (κ1) is 14.0. The van der Waals surface area contributed by atoms with Gasteiger partial charge in [0.05, 0.1) is 6.10 Å². The van der Waals surface area contributed by atoms with Crippen LogP contribution in [-0.4, -0.2) is 17.2 Å². The van der Waals surface area contributed by atoms with Crippen LogP contribution in [0.3, 0.4) is 0 Å². The van der Waals surface area contributed by atoms with Gasteiger partial charge in [0.25, 0.3) is 0 Å². The second-order valence-corrected chi connectivity index (χ2v) is 5.15. The summed E-state index contributed by atoms with van der Waals surface area (Å²) in [7, 11) is 0. The molecule has 0 saturated heterocycles. The Morgan fingerprint density at radius 1 is 1.41 bits per heavy atom. The number of carboxylic acids is 1. The Bertz CT molecular complexity index is 367. The molecule has 0 saturated carbocycles. The number of aryl methyl sites for hydroxylation is 1. The van der Waals surface area contributed by atoms with Crippen LogP contribution in [0.5, 0.6) is 5.75 Å². The number of hydrogen-bond acceptors (Lipinski definition) is 3. The van der Waals surface area contributed by atoms with Crippen molar-refractivity contribution in [3.63, 3.8) is 0 Å². The minimum Gasteiger partial charge on any atom is -0.489 e. The molecule has 0 radical (unpaired) electrons. The van der Waals surface area contributed by atoms with Crippen LogP contribution in [0.2, 0.25) is 0 Å². The summed E-state index contributed by atoms with van der Waals surface area (Å²) in [6.45, 7) is 6.18. The Labute approximate surface area is 106 Å². The zero-order valence-corrected chi connectivity index (χ0v) is 11.5. The van der Waals surface area contributed by atoms with Gasteiger partial charge in [-0.05, 0) is 25.3 Å². The van der Waals surface area contributed by atoms with Gasteiger partial charge < -0.3 is 9.84 Å². The SMILES string of the molecule is CCCc1cc(OC(CC)CC)c(C(=O)O)s1. The van der Waals surface area contributed by atoms with Crippen LogP contribution in [-0.2, 0) is 6.42 Å². The van der Waals surface area contributed by atoms with Crippen molar-refractivity contribution < 1.29 is 14.6 Å². The van der Waals surface area contributed by atoms with Crippen molar-refractivity contribution in [1.82, 2.24) is 0 Å². The summed E-state index contributed by atoms with van der Waals surface area (Å²) in [6.07, 6.45) is 3.83. The molecule has 1 rings (SSSR count). The van der Waals surface area contributed by atoms with E-state index in [0.29, 0.717) is 10.6 Å². The van der Waals surface area contributed by atoms with E-state index in [1.54, 1.807) is 0 Å². The molecule has 0 aliphatic carbocycles. The summed E-state index contributed by atoms with van der Waals surface area (Å²) in [6, 6.07) is 1.88. The van der Waals surface area contributed by atoms with Gasteiger partial charge >= 0.3 is 5.97 Å². The predicted octanol–water partition coefficient (Wildman–Crippen LogP) is 3.97. The Balaban J connectivity index is 2.91. The molecule has 0 unspecified atom stereocenters. The average molecular weight is 256 g/mol. The molecule has 0 bridgehead atoms. The number of rotatable bonds is 7. The van der Waals surface area contributed by atoms with E-state index in [1.165, 1.54) is 11.3 Å². The van der Waals surface area contributed by atoms with Crippen molar-refractivity contribution in [2.24, 2.45) is 0 Å². The summed E-state index contributed by atoms with van der Waals surface area (Å²) in [4.78, 5) is 12.6. The van der Waals surface area contributed by atoms with Gasteiger partial charge in [-0.3, -0.25) is 0 Å². The van der Waals surface area contributed by atoms with E-state index in [0.717, 1.165) is 30.6 Å². The van der Waals surface area contributed by atoms with E-state index in [-0.39, 0.29) is 6.10 Å². The number of hydrogen-bond donors (Lipinski definition) is 1. The summed E-state index contributed by atoms with van der Waals surface area (Å²) in [5, 5.41) is 9.14. The fraction of sp³-hybridized carbons (Fsp3) is 0.615. The molecule has 17 heavy (non-hydrogen) atoms. The largest absolute Gasteiger partial charge is 0.489 e. The second kappa shape index (κ2) is 6.64. The van der Waals surface area contributed by atoms with Crippen LogP contribution in [0.4, 0.5) is 0 Å². The minimum atomic E-state index is -0.890. The van der Waals surface area contributed by atoms with E-state index >= 15 is 0 Å². The first-order valence-corrected chi connectivity index (χ1v) is 6.96. The third-order valence-electron chi connectivity index (χ3n) is 2.64. The summed E-state index contributed by atoms with van der Waals surface area (Å²) in [5.74, 6) is -0.349. The highest BCUT2D eigenvalue weighted by Gasteiger charge is 2.18. The Morgan fingerprint density at radius 2 is 2.06 bits per heavy atom. The van der Waals surface area contributed by atoms with E-state index < -0.39 is 5.97 Å². The highest BCUT2D eigenvalue weighted by atomic mass is 32.1. The molecule has 0 aliphatic heterocycles. The molecule has 1 aromatic heterocycles. The maximum atomic E-state index is 11.1. The van der Waals surface area contributed by atoms with E-state index in [9.17, 15) is 4.79 Å². The zero-order valence-electron chi connectivity index (χ0n) is 10.7. The molecule has 1 N–H and O–H groups in total. The Morgan fingerprint density at radius 3 is 2.53 bits per heavy atom. The lowest BCUT2D eigenvalue weighted by Crippen LogP contribution is -2.14. The van der Waals surface area contributed by atoms with Gasteiger partial charge in [-0.25, -0.2) is 4.79 Å². The van der Waals surface area contributed by atoms with Gasteiger partial charge in [-0.15, -0.1) is 11.3 Å². The molecule has 0 spiro atoms. The van der Waals surface area contributed by atoms with Gasteiger partial charge in [0.2, 0.25) is 0 Å². The van der Waals surface area contributed by atoms with E-state index in [1.807, 2.05) is 19.9 Å². The number of aromatic carboxylic acids is 1. The van der Waals surface area contributed by atoms with Gasteiger partial charge in [0.15, 0.2) is 4.88 Å². The van der Waals surface area contributed by atoms with Crippen molar-refractivity contribution >= 4 is 17.3 Å². The molecule has 0 amide bonds. The fourth-order valence-corrected chi connectivity index (χ4v) is 2.69. The highest BCUT2D eigenvalue weighted by molar-refractivity contribution is 7.14. The van der Waals surface area contributed by atoms with Gasteiger partial charge in [-0.2, -0.15) is 0 Å². The quantitative estimate of drug-likeness (QED) is 0.803. The van der Waals surface area contributed by atoms with Crippen molar-refractivity contribution in [2.75, 3.05) is 0 Å². The van der Waals surface area contributed by atoms with Crippen LogP contribution in [0.25, 0.3) is 0 Å². The highest BCUT2D eigenvalue weighted by Crippen LogP contribution is 2.31. The molecule has 96 valence electrons. The lowest BCUT2D eigenvalue weighted by Gasteiger charge is -2.14. The predicted molar refractivity (Wildman–Crippen MR) is 70.3 cm³/mol. The van der Waals surface area contributed by atoms with Crippen LogP contribution >= 0.6 is 11.3 Å². The number of thiophene rings is 1. The van der Waals surface area contributed by atoms with Gasteiger partial charge in [-0.1, -0.05) is 27.2 Å². The zero-order chi connectivity index (χ0) is 12.8. The minimum absolute atomic E-state index is 0.108. The smallest absolute Gasteiger partial charge is 0.349 e. The first-order chi connectivity index (χ1) is 8.12. The van der Waals surface area contributed by atoms with E-state index in [4.69, 9.17) is 9.84 Å². The molecule has 3 nitrogen and oxygen atoms in total. The summed E-state index contributed by atoms with van der Waals surface area (Å²) < 4.78 is 5.76. The molecule has 0 atom stereocenters. The lowest BCUT2D eigenvalue weighted by molar-refractivity contribution is 0.0694. The summed E-state index contributed by atoms with van der Waals surface area (Å²) >= 11 is 1.33. The molecule has 1 aromatic rings. The van der Waals surface area contributed by atoms with Crippen molar-refractivity contribution in [2.45, 2.75) is 52.6 Å². The molecular weight excluding hydrogens is 236 g/mol. The van der Waals surface area contributed by atoms with Crippen LogP contribution in [0, 0.1) is 0 Å². The molecule has 1 heterocycles. The molecule has 0 aliphatic rings. The van der Waals surface area contributed by atoms with Crippen molar-refractivity contribution in [1.29, 1.82) is 0 Å². The van der Waals surface area contributed by atoms with Crippen LogP contribution < -0.4 is 4.74 Å². The normalized spacial score (nSPS) is 10.8. The van der Waals surface area contributed by atoms with Crippen LogP contribution in [0.15, 0.2) is 6.07 Å². The molecule has 0 fully saturated rings. The number of carboxylic acid groups (broad SMARTS) is 1. The molecule has 4 heteroatoms. The van der Waals surface area contributed by atoms with Crippen molar-refractivity contribution in [3.05, 3.63) is 15.8 Å². The Hall–Kier alpha value is -1.03. The standard InChI is InChI=1S/C13H20O3S/c1-4-7-10-8-11(12(17-10)13(14)15)16-9(5-2)6-3/h8-9H,4-7H2,1-3H3,(H,14,15). The maximum absolute atomic E-state index is 11.1. The summed E-state index contributed by atoms with van der Waals surface area (Å²) in [5.41, 5.74) is 0. The molecule has 0 aromatic carbocycles. The Kier molecular flexibility index (Phi) is 5.48. The third kappa shape index (κ3) is 3.73. The van der Waals surface area contributed by atoms with E-state index in [2.05, 4.69) is 6.92 Å². The van der Waals surface area contributed by atoms with Crippen molar-refractivity contribution in [3.8, 4) is 5.75 Å². The maximum Gasteiger partial charge on any atom is 0.349 e. The molecular formula is C13H20O3S. The lowest BCUT2D eigenvalue weighted by atomic mass is 10.2. The number of ether oxygens (including phenoxy) is 1. The average Bonchev–Trinajstić information content (AvgIpc) is 2.69. The second-order valence-electron chi connectivity index (χ2n) is 4.02.